The smallest absolute Gasteiger partial charge is 0.234 e. The van der Waals surface area contributed by atoms with Gasteiger partial charge in [-0.25, -0.2) is 9.13 Å². The van der Waals surface area contributed by atoms with Gasteiger partial charge in [-0.05, 0) is 37.7 Å². The zero-order chi connectivity index (χ0) is 26.2. The molecule has 37 heavy (non-hydrogen) atoms. The summed E-state index contributed by atoms with van der Waals surface area (Å²) in [5.41, 5.74) is 1.47. The predicted octanol–water partition coefficient (Wildman–Crippen LogP) is 10.4. The molecular weight excluding hydrogens is 448 g/mol. The first kappa shape index (κ1) is 31.6. The maximum atomic E-state index is 2.60. The molecule has 0 unspecified atom stereocenters. The predicted molar refractivity (Wildman–Crippen MR) is 162 cm³/mol. The molecular formula is C35H61N2+. The number of hydrogen-bond acceptors (Lipinski definition) is 0. The van der Waals surface area contributed by atoms with Crippen molar-refractivity contribution in [3.8, 4) is 0 Å². The summed E-state index contributed by atoms with van der Waals surface area (Å²) in [7, 11) is 0. The highest BCUT2D eigenvalue weighted by atomic mass is 15.1. The van der Waals surface area contributed by atoms with Crippen molar-refractivity contribution in [2.45, 2.75) is 168 Å². The van der Waals surface area contributed by atoms with Crippen LogP contribution in [0, 0.1) is 0 Å². The Balaban J connectivity index is 1.72. The van der Waals surface area contributed by atoms with Gasteiger partial charge in [0, 0.05) is 6.42 Å². The SMILES string of the molecule is CCCCCCCCCCCCn1cc[n+](CCCc2ccccc2)c1CCCCCCCCCCC. The molecule has 2 aromatic rings. The van der Waals surface area contributed by atoms with Crippen LogP contribution in [0.4, 0.5) is 0 Å². The monoisotopic (exact) mass is 509 g/mol. The van der Waals surface area contributed by atoms with E-state index in [2.05, 4.69) is 65.7 Å². The summed E-state index contributed by atoms with van der Waals surface area (Å²) in [5.74, 6) is 1.58. The zero-order valence-electron chi connectivity index (χ0n) is 24.9. The molecule has 0 aliphatic carbocycles. The Kier molecular flexibility index (Phi) is 19.2. The molecule has 2 nitrogen and oxygen atoms in total. The average molecular weight is 510 g/mol. The maximum Gasteiger partial charge on any atom is 0.256 e. The Hall–Kier alpha value is -1.57. The molecule has 2 rings (SSSR count). The van der Waals surface area contributed by atoms with Crippen LogP contribution in [-0.2, 0) is 25.9 Å². The number of unbranched alkanes of at least 4 members (excludes halogenated alkanes) is 17. The van der Waals surface area contributed by atoms with Gasteiger partial charge >= 0.3 is 0 Å². The van der Waals surface area contributed by atoms with Crippen LogP contribution in [-0.4, -0.2) is 4.57 Å². The normalized spacial score (nSPS) is 11.4. The van der Waals surface area contributed by atoms with Crippen molar-refractivity contribution in [1.29, 1.82) is 0 Å². The fourth-order valence-electron chi connectivity index (χ4n) is 5.65. The third-order valence-corrected chi connectivity index (χ3v) is 8.05. The summed E-state index contributed by atoms with van der Waals surface area (Å²) in [6, 6.07) is 11.0. The molecule has 0 fully saturated rings. The van der Waals surface area contributed by atoms with E-state index in [1.54, 1.807) is 5.82 Å². The van der Waals surface area contributed by atoms with Gasteiger partial charge in [0.1, 0.15) is 12.4 Å². The lowest BCUT2D eigenvalue weighted by Crippen LogP contribution is -2.37. The van der Waals surface area contributed by atoms with Crippen LogP contribution in [0.1, 0.15) is 154 Å². The standard InChI is InChI=1S/C35H61N2/c1-3-5-7-9-11-13-15-17-19-24-30-36-32-33-37(31-25-28-34-26-21-20-22-27-34)35(36)29-23-18-16-14-12-10-8-6-4-2/h20-22,26-27,32-33H,3-19,23-25,28-31H2,1-2H3/q+1. The molecule has 0 bridgehead atoms. The van der Waals surface area contributed by atoms with Crippen molar-refractivity contribution in [2.75, 3.05) is 0 Å². The molecule has 1 heterocycles. The molecule has 0 atom stereocenters. The minimum atomic E-state index is 1.15. The Morgan fingerprint density at radius 1 is 0.541 bits per heavy atom. The first-order valence-corrected chi connectivity index (χ1v) is 16.5. The molecule has 2 heteroatoms. The second kappa shape index (κ2) is 22.4. The summed E-state index contributed by atoms with van der Waals surface area (Å²) in [5, 5.41) is 0. The molecule has 0 spiro atoms. The van der Waals surface area contributed by atoms with Gasteiger partial charge in [-0.2, -0.15) is 0 Å². The van der Waals surface area contributed by atoms with E-state index in [-0.39, 0.29) is 0 Å². The van der Waals surface area contributed by atoms with E-state index >= 15 is 0 Å². The van der Waals surface area contributed by atoms with Gasteiger partial charge in [0.25, 0.3) is 5.82 Å². The highest BCUT2D eigenvalue weighted by Gasteiger charge is 2.16. The summed E-state index contributed by atoms with van der Waals surface area (Å²) < 4.78 is 5.17. The molecule has 0 saturated heterocycles. The summed E-state index contributed by atoms with van der Waals surface area (Å²) in [4.78, 5) is 0. The average Bonchev–Trinajstić information content (AvgIpc) is 3.30. The van der Waals surface area contributed by atoms with E-state index in [4.69, 9.17) is 0 Å². The van der Waals surface area contributed by atoms with Crippen molar-refractivity contribution in [3.63, 3.8) is 0 Å². The number of aromatic nitrogens is 2. The fourth-order valence-corrected chi connectivity index (χ4v) is 5.65. The van der Waals surface area contributed by atoms with Crippen LogP contribution in [0.2, 0.25) is 0 Å². The van der Waals surface area contributed by atoms with Gasteiger partial charge in [0.15, 0.2) is 0 Å². The Morgan fingerprint density at radius 3 is 1.62 bits per heavy atom. The molecule has 0 aliphatic heterocycles. The van der Waals surface area contributed by atoms with Crippen molar-refractivity contribution < 1.29 is 4.57 Å². The van der Waals surface area contributed by atoms with E-state index < -0.39 is 0 Å². The summed E-state index contributed by atoms with van der Waals surface area (Å²) >= 11 is 0. The molecule has 0 amide bonds. The van der Waals surface area contributed by atoms with Gasteiger partial charge in [0.05, 0.1) is 13.1 Å². The van der Waals surface area contributed by atoms with Gasteiger partial charge < -0.3 is 0 Å². The van der Waals surface area contributed by atoms with E-state index in [1.807, 2.05) is 0 Å². The summed E-state index contributed by atoms with van der Waals surface area (Å²) in [6.07, 6.45) is 35.2. The minimum Gasteiger partial charge on any atom is -0.234 e. The first-order valence-electron chi connectivity index (χ1n) is 16.5. The Morgan fingerprint density at radius 2 is 1.05 bits per heavy atom. The fraction of sp³-hybridized carbons (Fsp3) is 0.743. The molecule has 0 N–H and O–H groups in total. The lowest BCUT2D eigenvalue weighted by Gasteiger charge is -2.07. The van der Waals surface area contributed by atoms with Gasteiger partial charge in [-0.15, -0.1) is 0 Å². The van der Waals surface area contributed by atoms with Crippen LogP contribution < -0.4 is 4.57 Å². The van der Waals surface area contributed by atoms with Crippen LogP contribution in [0.3, 0.4) is 0 Å². The number of aryl methyl sites for hydroxylation is 3. The Labute approximate surface area is 231 Å². The van der Waals surface area contributed by atoms with Crippen LogP contribution in [0.5, 0.6) is 0 Å². The highest BCUT2D eigenvalue weighted by Crippen LogP contribution is 2.14. The van der Waals surface area contributed by atoms with E-state index in [0.717, 1.165) is 6.54 Å². The second-order valence-electron chi connectivity index (χ2n) is 11.5. The number of benzene rings is 1. The van der Waals surface area contributed by atoms with Crippen molar-refractivity contribution in [3.05, 3.63) is 54.1 Å². The first-order chi connectivity index (χ1) is 18.3. The van der Waals surface area contributed by atoms with Crippen LogP contribution >= 0.6 is 0 Å². The third-order valence-electron chi connectivity index (χ3n) is 8.05. The second-order valence-corrected chi connectivity index (χ2v) is 11.5. The lowest BCUT2D eigenvalue weighted by atomic mass is 10.1. The number of rotatable bonds is 25. The van der Waals surface area contributed by atoms with Gasteiger partial charge in [-0.3, -0.25) is 0 Å². The molecule has 0 saturated carbocycles. The Bertz CT molecular complexity index is 748. The van der Waals surface area contributed by atoms with Crippen LogP contribution in [0.15, 0.2) is 42.7 Å². The topological polar surface area (TPSA) is 8.81 Å². The van der Waals surface area contributed by atoms with Gasteiger partial charge in [-0.1, -0.05) is 147 Å². The maximum absolute atomic E-state index is 2.60. The number of imidazole rings is 1. The summed E-state index contributed by atoms with van der Waals surface area (Å²) in [6.45, 7) is 6.96. The molecule has 0 aliphatic rings. The number of nitrogens with zero attached hydrogens (tertiary/aromatic N) is 2. The van der Waals surface area contributed by atoms with Crippen LogP contribution in [0.25, 0.3) is 0 Å². The highest BCUT2D eigenvalue weighted by molar-refractivity contribution is 5.14. The molecule has 0 radical (unpaired) electrons. The van der Waals surface area contributed by atoms with Crippen molar-refractivity contribution >= 4 is 0 Å². The molecule has 1 aromatic heterocycles. The van der Waals surface area contributed by atoms with Crippen molar-refractivity contribution in [1.82, 2.24) is 4.57 Å². The lowest BCUT2D eigenvalue weighted by molar-refractivity contribution is -0.704. The van der Waals surface area contributed by atoms with E-state index in [1.165, 1.54) is 153 Å². The number of hydrogen-bond donors (Lipinski definition) is 0. The molecule has 1 aromatic carbocycles. The van der Waals surface area contributed by atoms with E-state index in [0.29, 0.717) is 0 Å². The zero-order valence-corrected chi connectivity index (χ0v) is 24.9. The minimum absolute atomic E-state index is 1.15. The molecule has 210 valence electrons. The van der Waals surface area contributed by atoms with Gasteiger partial charge in [0.2, 0.25) is 0 Å². The third kappa shape index (κ3) is 15.4. The van der Waals surface area contributed by atoms with Crippen molar-refractivity contribution in [2.24, 2.45) is 0 Å². The quantitative estimate of drug-likeness (QED) is 0.0929. The van der Waals surface area contributed by atoms with E-state index in [9.17, 15) is 0 Å². The largest absolute Gasteiger partial charge is 0.256 e.